The standard InChI is InChI=1S/C18H21NS/c1-20-18-10-6-14(7-11-18)13-19-17-9-8-15-4-2-3-5-16(15)12-17/h2-7,10-11,17,19H,8-9,12-13H2,1H3. The highest BCUT2D eigenvalue weighted by molar-refractivity contribution is 7.98. The van der Waals surface area contributed by atoms with Crippen molar-refractivity contribution in [1.29, 1.82) is 0 Å². The lowest BCUT2D eigenvalue weighted by Gasteiger charge is -2.25. The van der Waals surface area contributed by atoms with E-state index in [1.54, 1.807) is 11.8 Å². The molecule has 1 nitrogen and oxygen atoms in total. The summed E-state index contributed by atoms with van der Waals surface area (Å²) in [6, 6.07) is 18.3. The molecule has 1 atom stereocenters. The van der Waals surface area contributed by atoms with Gasteiger partial charge in [0.25, 0.3) is 0 Å². The van der Waals surface area contributed by atoms with Gasteiger partial charge in [-0.3, -0.25) is 0 Å². The van der Waals surface area contributed by atoms with E-state index in [1.807, 2.05) is 0 Å². The van der Waals surface area contributed by atoms with E-state index in [4.69, 9.17) is 0 Å². The van der Waals surface area contributed by atoms with Gasteiger partial charge >= 0.3 is 0 Å². The lowest BCUT2D eigenvalue weighted by molar-refractivity contribution is 0.457. The highest BCUT2D eigenvalue weighted by Gasteiger charge is 2.17. The maximum atomic E-state index is 3.71. The predicted octanol–water partition coefficient (Wildman–Crippen LogP) is 4.06. The van der Waals surface area contributed by atoms with Crippen LogP contribution in [0.2, 0.25) is 0 Å². The average molecular weight is 283 g/mol. The average Bonchev–Trinajstić information content (AvgIpc) is 2.53. The normalized spacial score (nSPS) is 17.8. The highest BCUT2D eigenvalue weighted by Crippen LogP contribution is 2.21. The van der Waals surface area contributed by atoms with E-state index in [0.717, 1.165) is 6.54 Å². The second kappa shape index (κ2) is 6.47. The third-order valence-corrected chi connectivity index (χ3v) is 4.84. The molecule has 104 valence electrons. The van der Waals surface area contributed by atoms with Gasteiger partial charge in [0.2, 0.25) is 0 Å². The monoisotopic (exact) mass is 283 g/mol. The predicted molar refractivity (Wildman–Crippen MR) is 87.3 cm³/mol. The van der Waals surface area contributed by atoms with Gasteiger partial charge in [0.15, 0.2) is 0 Å². The molecule has 0 spiro atoms. The molecule has 0 fully saturated rings. The van der Waals surface area contributed by atoms with Crippen LogP contribution in [-0.2, 0) is 19.4 Å². The molecule has 0 radical (unpaired) electrons. The number of fused-ring (bicyclic) bond motifs is 1. The summed E-state index contributed by atoms with van der Waals surface area (Å²) in [5.41, 5.74) is 4.44. The molecule has 0 amide bonds. The quantitative estimate of drug-likeness (QED) is 0.849. The summed E-state index contributed by atoms with van der Waals surface area (Å²) in [4.78, 5) is 1.33. The highest BCUT2D eigenvalue weighted by atomic mass is 32.2. The minimum atomic E-state index is 0.616. The van der Waals surface area contributed by atoms with E-state index >= 15 is 0 Å². The summed E-state index contributed by atoms with van der Waals surface area (Å²) in [6.45, 7) is 0.974. The largest absolute Gasteiger partial charge is 0.310 e. The Hall–Kier alpha value is -1.25. The van der Waals surface area contributed by atoms with Crippen LogP contribution in [0.15, 0.2) is 53.4 Å². The van der Waals surface area contributed by atoms with Gasteiger partial charge in [-0.05, 0) is 54.3 Å². The zero-order valence-electron chi connectivity index (χ0n) is 11.9. The van der Waals surface area contributed by atoms with E-state index in [-0.39, 0.29) is 0 Å². The van der Waals surface area contributed by atoms with Crippen molar-refractivity contribution in [3.05, 3.63) is 65.2 Å². The van der Waals surface area contributed by atoms with Gasteiger partial charge in [0, 0.05) is 17.5 Å². The van der Waals surface area contributed by atoms with Crippen LogP contribution in [0.5, 0.6) is 0 Å². The number of hydrogen-bond acceptors (Lipinski definition) is 2. The van der Waals surface area contributed by atoms with Gasteiger partial charge in [-0.25, -0.2) is 0 Å². The zero-order chi connectivity index (χ0) is 13.8. The van der Waals surface area contributed by atoms with E-state index < -0.39 is 0 Å². The number of hydrogen-bond donors (Lipinski definition) is 1. The first kappa shape index (κ1) is 13.7. The number of nitrogens with one attached hydrogen (secondary N) is 1. The summed E-state index contributed by atoms with van der Waals surface area (Å²) in [5, 5.41) is 3.71. The molecule has 0 saturated carbocycles. The van der Waals surface area contributed by atoms with E-state index in [2.05, 4.69) is 60.1 Å². The van der Waals surface area contributed by atoms with Crippen molar-refractivity contribution < 1.29 is 0 Å². The Balaban J connectivity index is 1.57. The maximum absolute atomic E-state index is 3.71. The van der Waals surface area contributed by atoms with E-state index in [9.17, 15) is 0 Å². The second-order valence-corrected chi connectivity index (χ2v) is 6.32. The molecule has 0 aliphatic heterocycles. The molecule has 1 N–H and O–H groups in total. The van der Waals surface area contributed by atoms with Crippen molar-refractivity contribution in [3.8, 4) is 0 Å². The zero-order valence-corrected chi connectivity index (χ0v) is 12.7. The van der Waals surface area contributed by atoms with E-state index in [0.29, 0.717) is 6.04 Å². The van der Waals surface area contributed by atoms with Crippen LogP contribution in [0, 0.1) is 0 Å². The Bertz CT molecular complexity index is 562. The Morgan fingerprint density at radius 3 is 2.55 bits per heavy atom. The third kappa shape index (κ3) is 3.25. The molecule has 2 aromatic rings. The lowest BCUT2D eigenvalue weighted by Crippen LogP contribution is -2.34. The molecule has 0 aromatic heterocycles. The van der Waals surface area contributed by atoms with Crippen LogP contribution < -0.4 is 5.32 Å². The molecule has 0 saturated heterocycles. The van der Waals surface area contributed by atoms with Gasteiger partial charge in [-0.1, -0.05) is 36.4 Å². The van der Waals surface area contributed by atoms with Gasteiger partial charge < -0.3 is 5.32 Å². The van der Waals surface area contributed by atoms with Crippen LogP contribution in [0.4, 0.5) is 0 Å². The molecule has 0 bridgehead atoms. The third-order valence-electron chi connectivity index (χ3n) is 4.10. The number of thioether (sulfide) groups is 1. The molecular weight excluding hydrogens is 262 g/mol. The van der Waals surface area contributed by atoms with Crippen molar-refractivity contribution in [2.24, 2.45) is 0 Å². The fourth-order valence-corrected chi connectivity index (χ4v) is 3.29. The summed E-state index contributed by atoms with van der Waals surface area (Å²) >= 11 is 1.80. The fraction of sp³-hybridized carbons (Fsp3) is 0.333. The topological polar surface area (TPSA) is 12.0 Å². The second-order valence-electron chi connectivity index (χ2n) is 5.44. The van der Waals surface area contributed by atoms with Crippen molar-refractivity contribution in [3.63, 3.8) is 0 Å². The van der Waals surface area contributed by atoms with Crippen LogP contribution >= 0.6 is 11.8 Å². The minimum Gasteiger partial charge on any atom is -0.310 e. The van der Waals surface area contributed by atoms with E-state index in [1.165, 1.54) is 40.8 Å². The van der Waals surface area contributed by atoms with Crippen molar-refractivity contribution in [1.82, 2.24) is 5.32 Å². The molecule has 20 heavy (non-hydrogen) atoms. The summed E-state index contributed by atoms with van der Waals surface area (Å²) in [5.74, 6) is 0. The van der Waals surface area contributed by atoms with Crippen molar-refractivity contribution in [2.75, 3.05) is 6.26 Å². The molecular formula is C18H21NS. The molecule has 1 aliphatic rings. The minimum absolute atomic E-state index is 0.616. The Kier molecular flexibility index (Phi) is 4.44. The number of aryl methyl sites for hydroxylation is 1. The number of benzene rings is 2. The smallest absolute Gasteiger partial charge is 0.0208 e. The number of rotatable bonds is 4. The van der Waals surface area contributed by atoms with Crippen LogP contribution in [-0.4, -0.2) is 12.3 Å². The molecule has 0 heterocycles. The van der Waals surface area contributed by atoms with Crippen LogP contribution in [0.1, 0.15) is 23.1 Å². The summed E-state index contributed by atoms with van der Waals surface area (Å²) < 4.78 is 0. The molecule has 1 unspecified atom stereocenters. The Labute approximate surface area is 125 Å². The first-order valence-corrected chi connectivity index (χ1v) is 8.51. The first-order chi connectivity index (χ1) is 9.85. The maximum Gasteiger partial charge on any atom is 0.0208 e. The Morgan fingerprint density at radius 2 is 1.80 bits per heavy atom. The van der Waals surface area contributed by atoms with Gasteiger partial charge in [-0.2, -0.15) is 0 Å². The molecule has 2 heteroatoms. The van der Waals surface area contributed by atoms with Gasteiger partial charge in [-0.15, -0.1) is 11.8 Å². The van der Waals surface area contributed by atoms with Gasteiger partial charge in [0.05, 0.1) is 0 Å². The molecule has 3 rings (SSSR count). The SMILES string of the molecule is CSc1ccc(CNC2CCc3ccccc3C2)cc1. The first-order valence-electron chi connectivity index (χ1n) is 7.28. The fourth-order valence-electron chi connectivity index (χ4n) is 2.88. The summed E-state index contributed by atoms with van der Waals surface area (Å²) in [6.07, 6.45) is 5.74. The van der Waals surface area contributed by atoms with Crippen LogP contribution in [0.25, 0.3) is 0 Å². The lowest BCUT2D eigenvalue weighted by atomic mass is 9.88. The van der Waals surface area contributed by atoms with Crippen molar-refractivity contribution in [2.45, 2.75) is 36.7 Å². The Morgan fingerprint density at radius 1 is 1.05 bits per heavy atom. The molecule has 1 aliphatic carbocycles. The molecule has 2 aromatic carbocycles. The van der Waals surface area contributed by atoms with Crippen LogP contribution in [0.3, 0.4) is 0 Å². The van der Waals surface area contributed by atoms with Gasteiger partial charge in [0.1, 0.15) is 0 Å². The summed E-state index contributed by atoms with van der Waals surface area (Å²) in [7, 11) is 0. The van der Waals surface area contributed by atoms with Crippen molar-refractivity contribution >= 4 is 11.8 Å².